The first kappa shape index (κ1) is 17.2. The number of aryl methyl sites for hydroxylation is 1. The van der Waals surface area contributed by atoms with E-state index in [1.54, 1.807) is 48.5 Å². The Bertz CT molecular complexity index is 918. The molecular weight excluding hydrogens is 332 g/mol. The lowest BCUT2D eigenvalue weighted by molar-refractivity contribution is -0.384. The number of nitrogens with zero attached hydrogens (tertiary/aromatic N) is 1. The minimum Gasteiger partial charge on any atom is -0.410 e. The molecule has 0 fully saturated rings. The second kappa shape index (κ2) is 7.48. The minimum atomic E-state index is -0.572. The zero-order valence-electron chi connectivity index (χ0n) is 14.0. The molecule has 0 heterocycles. The maximum atomic E-state index is 11.9. The van der Waals surface area contributed by atoms with E-state index in [0.29, 0.717) is 11.4 Å². The molecule has 1 N–H and O–H groups in total. The maximum Gasteiger partial charge on any atom is 0.417 e. The van der Waals surface area contributed by atoms with Crippen molar-refractivity contribution >= 4 is 17.5 Å². The third-order valence-corrected chi connectivity index (χ3v) is 3.77. The van der Waals surface area contributed by atoms with Crippen LogP contribution in [-0.4, -0.2) is 11.0 Å². The highest BCUT2D eigenvalue weighted by Crippen LogP contribution is 2.24. The van der Waals surface area contributed by atoms with Crippen LogP contribution in [0.2, 0.25) is 0 Å². The average molecular weight is 348 g/mol. The van der Waals surface area contributed by atoms with Gasteiger partial charge in [0.05, 0.1) is 4.92 Å². The highest BCUT2D eigenvalue weighted by Gasteiger charge is 2.07. The molecule has 0 aliphatic carbocycles. The third kappa shape index (κ3) is 4.24. The molecule has 0 saturated carbocycles. The average Bonchev–Trinajstić information content (AvgIpc) is 2.64. The van der Waals surface area contributed by atoms with E-state index >= 15 is 0 Å². The van der Waals surface area contributed by atoms with Crippen molar-refractivity contribution < 1.29 is 14.5 Å². The van der Waals surface area contributed by atoms with Crippen molar-refractivity contribution in [2.45, 2.75) is 6.92 Å². The molecule has 0 aliphatic heterocycles. The van der Waals surface area contributed by atoms with E-state index in [4.69, 9.17) is 4.74 Å². The van der Waals surface area contributed by atoms with E-state index in [2.05, 4.69) is 5.32 Å². The second-order valence-electron chi connectivity index (χ2n) is 5.71. The first-order chi connectivity index (χ1) is 12.5. The molecular formula is C20H16N2O4. The Kier molecular flexibility index (Phi) is 4.94. The fourth-order valence-corrected chi connectivity index (χ4v) is 2.38. The Morgan fingerprint density at radius 3 is 1.96 bits per heavy atom. The fraction of sp³-hybridized carbons (Fsp3) is 0.0500. The molecule has 1 amide bonds. The zero-order valence-corrected chi connectivity index (χ0v) is 14.0. The molecule has 0 aromatic heterocycles. The summed E-state index contributed by atoms with van der Waals surface area (Å²) in [6.45, 7) is 1.97. The molecule has 26 heavy (non-hydrogen) atoms. The maximum absolute atomic E-state index is 11.9. The van der Waals surface area contributed by atoms with Crippen LogP contribution in [-0.2, 0) is 0 Å². The van der Waals surface area contributed by atoms with Gasteiger partial charge in [0.2, 0.25) is 0 Å². The van der Waals surface area contributed by atoms with Crippen molar-refractivity contribution in [3.63, 3.8) is 0 Å². The predicted molar refractivity (Wildman–Crippen MR) is 99.4 cm³/mol. The van der Waals surface area contributed by atoms with E-state index in [0.717, 1.165) is 16.7 Å². The lowest BCUT2D eigenvalue weighted by Gasteiger charge is -2.08. The van der Waals surface area contributed by atoms with Gasteiger partial charge in [-0.25, -0.2) is 4.79 Å². The molecule has 130 valence electrons. The number of ether oxygens (including phenoxy) is 1. The molecule has 0 bridgehead atoms. The van der Waals surface area contributed by atoms with Crippen LogP contribution in [0.1, 0.15) is 5.56 Å². The van der Waals surface area contributed by atoms with Gasteiger partial charge in [-0.2, -0.15) is 0 Å². The number of carbonyl (C=O) groups is 1. The smallest absolute Gasteiger partial charge is 0.410 e. The highest BCUT2D eigenvalue weighted by molar-refractivity contribution is 5.86. The largest absolute Gasteiger partial charge is 0.417 e. The molecule has 0 aliphatic rings. The Labute approximate surface area is 150 Å². The number of amides is 1. The van der Waals surface area contributed by atoms with Crippen molar-refractivity contribution in [1.29, 1.82) is 0 Å². The van der Waals surface area contributed by atoms with Gasteiger partial charge in [0.25, 0.3) is 5.69 Å². The molecule has 0 spiro atoms. The highest BCUT2D eigenvalue weighted by atomic mass is 16.6. The van der Waals surface area contributed by atoms with Gasteiger partial charge < -0.3 is 4.74 Å². The number of nitrogens with one attached hydrogen (secondary N) is 1. The predicted octanol–water partition coefficient (Wildman–Crippen LogP) is 5.18. The summed E-state index contributed by atoms with van der Waals surface area (Å²) in [6, 6.07) is 20.6. The Hall–Kier alpha value is -3.67. The lowest BCUT2D eigenvalue weighted by Crippen LogP contribution is -2.16. The monoisotopic (exact) mass is 348 g/mol. The number of hydrogen-bond donors (Lipinski definition) is 1. The van der Waals surface area contributed by atoms with E-state index in [1.807, 2.05) is 19.1 Å². The Morgan fingerprint density at radius 1 is 0.885 bits per heavy atom. The summed E-state index contributed by atoms with van der Waals surface area (Å²) in [5, 5.41) is 13.4. The molecule has 0 unspecified atom stereocenters. The van der Waals surface area contributed by atoms with Crippen LogP contribution < -0.4 is 10.1 Å². The number of anilines is 1. The Morgan fingerprint density at radius 2 is 1.42 bits per heavy atom. The van der Waals surface area contributed by atoms with Crippen LogP contribution in [0.25, 0.3) is 11.1 Å². The van der Waals surface area contributed by atoms with Gasteiger partial charge >= 0.3 is 6.09 Å². The normalized spacial score (nSPS) is 10.2. The number of benzene rings is 3. The SMILES string of the molecule is Cc1ccc(NC(=O)Oc2ccc(-c3ccc([N+](=O)[O-])cc3)cc2)cc1. The van der Waals surface area contributed by atoms with Gasteiger partial charge in [-0.05, 0) is 54.4 Å². The number of nitro groups is 1. The quantitative estimate of drug-likeness (QED) is 0.520. The standard InChI is InChI=1S/C20H16N2O4/c1-14-2-8-17(9-3-14)21-20(23)26-19-12-6-16(7-13-19)15-4-10-18(11-5-15)22(24)25/h2-13H,1H3,(H,21,23). The summed E-state index contributed by atoms with van der Waals surface area (Å²) < 4.78 is 5.25. The first-order valence-corrected chi connectivity index (χ1v) is 7.92. The van der Waals surface area contributed by atoms with Gasteiger partial charge in [-0.15, -0.1) is 0 Å². The van der Waals surface area contributed by atoms with Crippen LogP contribution in [0.15, 0.2) is 72.8 Å². The first-order valence-electron chi connectivity index (χ1n) is 7.92. The van der Waals surface area contributed by atoms with Crippen LogP contribution in [0.3, 0.4) is 0 Å². The topological polar surface area (TPSA) is 81.5 Å². The van der Waals surface area contributed by atoms with Crippen LogP contribution in [0.4, 0.5) is 16.2 Å². The van der Waals surface area contributed by atoms with Crippen molar-refractivity contribution in [1.82, 2.24) is 0 Å². The molecule has 0 saturated heterocycles. The minimum absolute atomic E-state index is 0.0430. The van der Waals surface area contributed by atoms with E-state index in [-0.39, 0.29) is 5.69 Å². The van der Waals surface area contributed by atoms with E-state index in [9.17, 15) is 14.9 Å². The summed E-state index contributed by atoms with van der Waals surface area (Å²) >= 11 is 0. The summed E-state index contributed by atoms with van der Waals surface area (Å²) in [6.07, 6.45) is -0.572. The fourth-order valence-electron chi connectivity index (χ4n) is 2.38. The number of nitro benzene ring substituents is 1. The Balaban J connectivity index is 1.64. The number of carbonyl (C=O) groups excluding carboxylic acids is 1. The summed E-state index contributed by atoms with van der Waals surface area (Å²) in [7, 11) is 0. The van der Waals surface area contributed by atoms with Gasteiger partial charge in [0, 0.05) is 17.8 Å². The molecule has 3 aromatic carbocycles. The van der Waals surface area contributed by atoms with Crippen molar-refractivity contribution in [2.24, 2.45) is 0 Å². The number of hydrogen-bond acceptors (Lipinski definition) is 4. The van der Waals surface area contributed by atoms with Gasteiger partial charge in [0.15, 0.2) is 0 Å². The summed E-state index contributed by atoms with van der Waals surface area (Å²) in [4.78, 5) is 22.2. The second-order valence-corrected chi connectivity index (χ2v) is 5.71. The summed E-state index contributed by atoms with van der Waals surface area (Å²) in [5.74, 6) is 0.403. The van der Waals surface area contributed by atoms with E-state index in [1.165, 1.54) is 12.1 Å². The van der Waals surface area contributed by atoms with Crippen LogP contribution in [0.5, 0.6) is 5.75 Å². The van der Waals surface area contributed by atoms with Crippen molar-refractivity contribution in [3.05, 3.63) is 88.5 Å². The van der Waals surface area contributed by atoms with Gasteiger partial charge in [-0.1, -0.05) is 29.8 Å². The molecule has 3 rings (SSSR count). The van der Waals surface area contributed by atoms with E-state index < -0.39 is 11.0 Å². The zero-order chi connectivity index (χ0) is 18.5. The number of non-ortho nitro benzene ring substituents is 1. The summed E-state index contributed by atoms with van der Waals surface area (Å²) in [5.41, 5.74) is 3.51. The van der Waals surface area contributed by atoms with Gasteiger partial charge in [-0.3, -0.25) is 15.4 Å². The number of rotatable bonds is 4. The van der Waals surface area contributed by atoms with Crippen LogP contribution in [0, 0.1) is 17.0 Å². The molecule has 6 nitrogen and oxygen atoms in total. The third-order valence-electron chi connectivity index (χ3n) is 3.77. The van der Waals surface area contributed by atoms with Crippen LogP contribution >= 0.6 is 0 Å². The van der Waals surface area contributed by atoms with Crippen molar-refractivity contribution in [2.75, 3.05) is 5.32 Å². The lowest BCUT2D eigenvalue weighted by atomic mass is 10.1. The van der Waals surface area contributed by atoms with Crippen molar-refractivity contribution in [3.8, 4) is 16.9 Å². The molecule has 0 radical (unpaired) electrons. The molecule has 0 atom stereocenters. The molecule has 6 heteroatoms. The molecule has 3 aromatic rings. The van der Waals surface area contributed by atoms with Gasteiger partial charge in [0.1, 0.15) is 5.75 Å².